The Morgan fingerprint density at radius 1 is 1.10 bits per heavy atom. The predicted octanol–water partition coefficient (Wildman–Crippen LogP) is 8.60. The highest BCUT2D eigenvalue weighted by atomic mass is 35.5. The molecule has 3 aromatic heterocycles. The quantitative estimate of drug-likeness (QED) is 0.104. The second kappa shape index (κ2) is 14.0. The van der Waals surface area contributed by atoms with E-state index in [4.69, 9.17) is 26.4 Å². The summed E-state index contributed by atoms with van der Waals surface area (Å²) in [6.45, 7) is 8.15. The Labute approximate surface area is 295 Å². The summed E-state index contributed by atoms with van der Waals surface area (Å²) < 4.78 is 11.0. The largest absolute Gasteiger partial charge is 0.506 e. The number of aromatic nitrogens is 4. The van der Waals surface area contributed by atoms with Gasteiger partial charge in [-0.2, -0.15) is 5.10 Å². The van der Waals surface area contributed by atoms with Crippen molar-refractivity contribution in [1.82, 2.24) is 24.5 Å². The first-order chi connectivity index (χ1) is 23.4. The zero-order chi connectivity index (χ0) is 34.9. The number of thiazole rings is 1. The Morgan fingerprint density at radius 2 is 1.90 bits per heavy atom. The van der Waals surface area contributed by atoms with Crippen LogP contribution in [0.2, 0.25) is 5.02 Å². The van der Waals surface area contributed by atoms with Crippen LogP contribution in [0.1, 0.15) is 51.1 Å². The van der Waals surface area contributed by atoms with Crippen molar-refractivity contribution in [2.24, 2.45) is 0 Å². The van der Waals surface area contributed by atoms with Gasteiger partial charge in [-0.05, 0) is 42.8 Å². The number of rotatable bonds is 11. The smallest absolute Gasteiger partial charge is 0.320 e. The summed E-state index contributed by atoms with van der Waals surface area (Å²) >= 11 is 9.10. The monoisotopic (exact) mass is 718 g/mol. The van der Waals surface area contributed by atoms with Gasteiger partial charge in [-0.3, -0.25) is 14.5 Å². The maximum absolute atomic E-state index is 13.2. The van der Waals surface area contributed by atoms with Crippen molar-refractivity contribution in [1.29, 1.82) is 0 Å². The molecule has 3 aromatic carbocycles. The van der Waals surface area contributed by atoms with Gasteiger partial charge in [-0.15, -0.1) is 11.8 Å². The Balaban J connectivity index is 1.16. The molecule has 0 aliphatic rings. The molecule has 0 saturated heterocycles. The zero-order valence-corrected chi connectivity index (χ0v) is 29.6. The summed E-state index contributed by atoms with van der Waals surface area (Å²) in [4.78, 5) is 30.2. The number of carbonyl (C=O) groups excluding carboxylic acids is 1. The van der Waals surface area contributed by atoms with Crippen LogP contribution in [0.15, 0.2) is 72.9 Å². The molecule has 11 nitrogen and oxygen atoms in total. The van der Waals surface area contributed by atoms with E-state index in [0.29, 0.717) is 35.2 Å². The fourth-order valence-corrected chi connectivity index (χ4v) is 7.15. The van der Waals surface area contributed by atoms with Crippen LogP contribution in [0.25, 0.3) is 20.9 Å². The molecule has 0 radical (unpaired) electrons. The number of ether oxygens (including phenoxy) is 1. The first-order valence-corrected chi connectivity index (χ1v) is 17.8. The number of para-hydroxylation sites is 1. The molecule has 254 valence electrons. The standard InChI is InChI=1S/C35H35ClN6O5S2/c1-5-28(32(44)45)48-19-21-18-41-25-15-23(11-13-29(25)49-34(41)38-21)47-27-9-7-6-8-20(27)17-37-33(46)39-31-16-30(35(2,3)4)40-42(31)22-10-12-26(43)24(36)14-22/h6-16,18,28,43H,5,17,19H2,1-4H3,(H,44,45)(H2,37,39,46). The maximum atomic E-state index is 13.2. The number of carboxylic acid groups (broad SMARTS) is 1. The van der Waals surface area contributed by atoms with Crippen molar-refractivity contribution in [2.75, 3.05) is 5.32 Å². The Kier molecular flexibility index (Phi) is 9.77. The Hall–Kier alpha value is -4.72. The molecule has 2 amide bonds. The van der Waals surface area contributed by atoms with Gasteiger partial charge in [0.25, 0.3) is 0 Å². The highest BCUT2D eigenvalue weighted by Crippen LogP contribution is 2.34. The molecule has 0 spiro atoms. The molecule has 0 fully saturated rings. The number of phenols is 1. The number of aromatic hydroxyl groups is 1. The average molecular weight is 719 g/mol. The van der Waals surface area contributed by atoms with Crippen LogP contribution in [-0.4, -0.2) is 46.6 Å². The van der Waals surface area contributed by atoms with E-state index in [1.165, 1.54) is 17.8 Å². The number of nitrogens with one attached hydrogen (secondary N) is 2. The Bertz CT molecular complexity index is 2170. The lowest BCUT2D eigenvalue weighted by atomic mass is 9.92. The van der Waals surface area contributed by atoms with E-state index in [9.17, 15) is 19.8 Å². The third-order valence-electron chi connectivity index (χ3n) is 7.73. The van der Waals surface area contributed by atoms with Crippen LogP contribution in [0.4, 0.5) is 10.6 Å². The number of hydrogen-bond acceptors (Lipinski definition) is 8. The third kappa shape index (κ3) is 7.64. The van der Waals surface area contributed by atoms with Gasteiger partial charge in [-0.25, -0.2) is 14.5 Å². The minimum absolute atomic E-state index is 0.0459. The van der Waals surface area contributed by atoms with E-state index in [1.807, 2.05) is 86.8 Å². The molecule has 3 heterocycles. The van der Waals surface area contributed by atoms with Gasteiger partial charge in [-0.1, -0.05) is 68.8 Å². The summed E-state index contributed by atoms with van der Waals surface area (Å²) in [7, 11) is 0. The van der Waals surface area contributed by atoms with Gasteiger partial charge in [0.15, 0.2) is 4.96 Å². The minimum atomic E-state index is -0.810. The van der Waals surface area contributed by atoms with E-state index < -0.39 is 17.3 Å². The number of hydrogen-bond donors (Lipinski definition) is 4. The third-order valence-corrected chi connectivity index (χ3v) is 10.5. The fraction of sp³-hybridized carbons (Fsp3) is 0.257. The zero-order valence-electron chi connectivity index (χ0n) is 27.2. The van der Waals surface area contributed by atoms with Gasteiger partial charge >= 0.3 is 12.0 Å². The van der Waals surface area contributed by atoms with Crippen LogP contribution in [-0.2, 0) is 22.5 Å². The fourth-order valence-electron chi connectivity index (χ4n) is 5.08. The highest BCUT2D eigenvalue weighted by Gasteiger charge is 2.22. The van der Waals surface area contributed by atoms with Crippen molar-refractivity contribution in [3.63, 3.8) is 0 Å². The summed E-state index contributed by atoms with van der Waals surface area (Å²) in [6, 6.07) is 19.4. The van der Waals surface area contributed by atoms with Gasteiger partial charge in [0.1, 0.15) is 28.3 Å². The van der Waals surface area contributed by atoms with E-state index in [-0.39, 0.29) is 22.7 Å². The molecule has 1 atom stereocenters. The molecule has 0 saturated carbocycles. The van der Waals surface area contributed by atoms with E-state index in [1.54, 1.807) is 28.2 Å². The van der Waals surface area contributed by atoms with Crippen LogP contribution < -0.4 is 15.4 Å². The lowest BCUT2D eigenvalue weighted by Gasteiger charge is -2.14. The normalized spacial score (nSPS) is 12.3. The van der Waals surface area contributed by atoms with Crippen molar-refractivity contribution in [3.8, 4) is 22.9 Å². The molecule has 6 aromatic rings. The summed E-state index contributed by atoms with van der Waals surface area (Å²) in [5.74, 6) is 1.31. The number of benzene rings is 3. The van der Waals surface area contributed by atoms with Crippen LogP contribution >= 0.6 is 34.7 Å². The summed E-state index contributed by atoms with van der Waals surface area (Å²) in [5, 5.41) is 29.5. The molecule has 0 bridgehead atoms. The first kappa shape index (κ1) is 34.2. The number of thioether (sulfide) groups is 1. The SMILES string of the molecule is CCC(SCc1cn2c(n1)sc1ccc(Oc3ccccc3CNC(=O)Nc3cc(C(C)(C)C)nn3-c3ccc(O)c(Cl)c3)cc12)C(=O)O. The predicted molar refractivity (Wildman–Crippen MR) is 195 cm³/mol. The number of carboxylic acids is 1. The molecular formula is C35H35ClN6O5S2. The first-order valence-electron chi connectivity index (χ1n) is 15.5. The highest BCUT2D eigenvalue weighted by molar-refractivity contribution is 7.99. The van der Waals surface area contributed by atoms with Gasteiger partial charge in [0, 0.05) is 41.6 Å². The number of aliphatic carboxylic acids is 1. The molecular weight excluding hydrogens is 684 g/mol. The molecule has 4 N–H and O–H groups in total. The lowest BCUT2D eigenvalue weighted by molar-refractivity contribution is -0.136. The topological polar surface area (TPSA) is 143 Å². The molecule has 6 rings (SSSR count). The summed E-state index contributed by atoms with van der Waals surface area (Å²) in [5.41, 5.74) is 3.59. The van der Waals surface area contributed by atoms with E-state index >= 15 is 0 Å². The summed E-state index contributed by atoms with van der Waals surface area (Å²) in [6.07, 6.45) is 2.50. The van der Waals surface area contributed by atoms with E-state index in [0.717, 1.165) is 32.1 Å². The van der Waals surface area contributed by atoms with Crippen molar-refractivity contribution >= 4 is 67.7 Å². The van der Waals surface area contributed by atoms with Crippen molar-refractivity contribution in [2.45, 2.75) is 57.1 Å². The number of carbonyl (C=O) groups is 2. The number of amides is 2. The van der Waals surface area contributed by atoms with Crippen molar-refractivity contribution in [3.05, 3.63) is 94.9 Å². The lowest BCUT2D eigenvalue weighted by Crippen LogP contribution is -2.29. The number of urea groups is 1. The van der Waals surface area contributed by atoms with Crippen LogP contribution in [0, 0.1) is 0 Å². The number of fused-ring (bicyclic) bond motifs is 3. The second-order valence-electron chi connectivity index (χ2n) is 12.4. The number of imidazole rings is 1. The molecule has 1 unspecified atom stereocenters. The van der Waals surface area contributed by atoms with Crippen LogP contribution in [0.3, 0.4) is 0 Å². The van der Waals surface area contributed by atoms with Gasteiger partial charge in [0.2, 0.25) is 0 Å². The molecule has 49 heavy (non-hydrogen) atoms. The Morgan fingerprint density at radius 3 is 2.63 bits per heavy atom. The number of halogens is 1. The molecule has 14 heteroatoms. The minimum Gasteiger partial charge on any atom is -0.506 e. The number of phenolic OH excluding ortho intramolecular Hbond substituents is 1. The van der Waals surface area contributed by atoms with Gasteiger partial charge < -0.3 is 20.3 Å². The average Bonchev–Trinajstić information content (AvgIpc) is 3.75. The van der Waals surface area contributed by atoms with Gasteiger partial charge in [0.05, 0.1) is 32.3 Å². The maximum Gasteiger partial charge on any atom is 0.320 e. The molecule has 0 aliphatic heterocycles. The second-order valence-corrected chi connectivity index (χ2v) is 15.0. The molecule has 0 aliphatic carbocycles. The van der Waals surface area contributed by atoms with E-state index in [2.05, 4.69) is 10.6 Å². The van der Waals surface area contributed by atoms with Crippen molar-refractivity contribution < 1.29 is 24.5 Å². The number of anilines is 1. The number of nitrogens with zero attached hydrogens (tertiary/aromatic N) is 4. The van der Waals surface area contributed by atoms with Crippen LogP contribution in [0.5, 0.6) is 17.2 Å².